The number of nitrogens with zero attached hydrogens (tertiary/aromatic N) is 2. The minimum absolute atomic E-state index is 0.171. The van der Waals surface area contributed by atoms with Gasteiger partial charge in [-0.05, 0) is 82.7 Å². The van der Waals surface area contributed by atoms with Crippen molar-refractivity contribution in [2.45, 2.75) is 117 Å². The van der Waals surface area contributed by atoms with E-state index in [0.717, 1.165) is 54.7 Å². The molecular weight excluding hydrogens is 745 g/mol. The quantitative estimate of drug-likeness (QED) is 0.120. The van der Waals surface area contributed by atoms with Gasteiger partial charge in [-0.3, -0.25) is 9.59 Å². The Labute approximate surface area is 335 Å². The van der Waals surface area contributed by atoms with Crippen LogP contribution in [0.4, 0.5) is 17.6 Å². The SMILES string of the molecule is CC(C)(C)[C@H](NC(=O)C1CCC(F)(F)CC1)c1nc2ccc3cc(-c4ccc5c(ccc6nc([C@@H](NC(=O)C7CCC(F)(F)CC7)C(C)(C)C)[nH]c65)c4)ccc3c2[nH]1. The summed E-state index contributed by atoms with van der Waals surface area (Å²) in [4.78, 5) is 43.5. The first-order valence-corrected chi connectivity index (χ1v) is 20.5. The summed E-state index contributed by atoms with van der Waals surface area (Å²) in [5.74, 6) is -5.44. The van der Waals surface area contributed by atoms with Gasteiger partial charge in [0, 0.05) is 48.3 Å². The molecule has 8 nitrogen and oxygen atoms in total. The van der Waals surface area contributed by atoms with Crippen LogP contribution in [0.5, 0.6) is 0 Å². The number of H-pyrrole nitrogens is 2. The topological polar surface area (TPSA) is 116 Å². The average molecular weight is 797 g/mol. The van der Waals surface area contributed by atoms with Crippen LogP contribution < -0.4 is 10.6 Å². The number of fused-ring (bicyclic) bond motifs is 6. The summed E-state index contributed by atoms with van der Waals surface area (Å²) in [5, 5.41) is 10.3. The minimum Gasteiger partial charge on any atom is -0.345 e. The molecule has 0 aliphatic heterocycles. The number of aromatic amines is 2. The van der Waals surface area contributed by atoms with Gasteiger partial charge >= 0.3 is 0 Å². The number of amides is 2. The second-order valence-electron chi connectivity index (χ2n) is 18.9. The summed E-state index contributed by atoms with van der Waals surface area (Å²) in [6.07, 6.45) is -0.389. The summed E-state index contributed by atoms with van der Waals surface area (Å²) >= 11 is 0. The maximum absolute atomic E-state index is 13.8. The lowest BCUT2D eigenvalue weighted by Crippen LogP contribution is -2.42. The molecule has 306 valence electrons. The van der Waals surface area contributed by atoms with E-state index in [1.54, 1.807) is 0 Å². The zero-order chi connectivity index (χ0) is 41.4. The number of halogens is 4. The van der Waals surface area contributed by atoms with Crippen molar-refractivity contribution in [3.63, 3.8) is 0 Å². The smallest absolute Gasteiger partial charge is 0.248 e. The van der Waals surface area contributed by atoms with E-state index in [1.807, 2.05) is 65.8 Å². The van der Waals surface area contributed by atoms with Crippen molar-refractivity contribution < 1.29 is 27.2 Å². The third-order valence-electron chi connectivity index (χ3n) is 12.3. The highest BCUT2D eigenvalue weighted by Gasteiger charge is 2.41. The highest BCUT2D eigenvalue weighted by atomic mass is 19.3. The number of alkyl halides is 4. The van der Waals surface area contributed by atoms with Crippen LogP contribution in [0.1, 0.15) is 117 Å². The summed E-state index contributed by atoms with van der Waals surface area (Å²) in [7, 11) is 0. The number of hydrogen-bond acceptors (Lipinski definition) is 4. The highest BCUT2D eigenvalue weighted by Crippen LogP contribution is 2.41. The molecule has 12 heteroatoms. The van der Waals surface area contributed by atoms with Crippen LogP contribution >= 0.6 is 0 Å². The Hall–Kier alpha value is -5.00. The van der Waals surface area contributed by atoms with E-state index in [9.17, 15) is 27.2 Å². The van der Waals surface area contributed by atoms with E-state index < -0.39 is 46.6 Å². The van der Waals surface area contributed by atoms with Crippen LogP contribution in [0.15, 0.2) is 60.7 Å². The van der Waals surface area contributed by atoms with Crippen LogP contribution in [-0.2, 0) is 9.59 Å². The first-order valence-electron chi connectivity index (χ1n) is 20.5. The summed E-state index contributed by atoms with van der Waals surface area (Å²) < 4.78 is 55.2. The fourth-order valence-corrected chi connectivity index (χ4v) is 8.80. The third-order valence-corrected chi connectivity index (χ3v) is 12.3. The van der Waals surface area contributed by atoms with Gasteiger partial charge in [-0.15, -0.1) is 0 Å². The molecule has 4 aromatic carbocycles. The fraction of sp³-hybridized carbons (Fsp3) is 0.478. The van der Waals surface area contributed by atoms with Crippen LogP contribution in [-0.4, -0.2) is 43.6 Å². The Balaban J connectivity index is 1.05. The van der Waals surface area contributed by atoms with Crippen LogP contribution in [0.3, 0.4) is 0 Å². The molecule has 2 aliphatic carbocycles. The Bertz CT molecular complexity index is 2350. The molecule has 2 amide bonds. The second-order valence-corrected chi connectivity index (χ2v) is 18.9. The molecule has 2 atom stereocenters. The molecule has 2 aliphatic rings. The van der Waals surface area contributed by atoms with Gasteiger partial charge in [-0.1, -0.05) is 77.9 Å². The van der Waals surface area contributed by atoms with Crippen LogP contribution in [0.2, 0.25) is 0 Å². The molecule has 0 saturated heterocycles. The Morgan fingerprint density at radius 1 is 0.603 bits per heavy atom. The number of carbonyl (C=O) groups excluding carboxylic acids is 2. The number of nitrogens with one attached hydrogen (secondary N) is 4. The Morgan fingerprint density at radius 3 is 1.31 bits per heavy atom. The lowest BCUT2D eigenvalue weighted by Gasteiger charge is -2.33. The monoisotopic (exact) mass is 796 g/mol. The molecule has 2 heterocycles. The largest absolute Gasteiger partial charge is 0.345 e. The Kier molecular flexibility index (Phi) is 9.87. The molecular formula is C46H52F4N6O2. The van der Waals surface area contributed by atoms with E-state index in [1.165, 1.54) is 0 Å². The summed E-state index contributed by atoms with van der Waals surface area (Å²) in [6, 6.07) is 19.8. The van der Waals surface area contributed by atoms with Crippen molar-refractivity contribution >= 4 is 55.4 Å². The summed E-state index contributed by atoms with van der Waals surface area (Å²) in [6.45, 7) is 12.2. The summed E-state index contributed by atoms with van der Waals surface area (Å²) in [5.41, 5.74) is 4.55. The maximum Gasteiger partial charge on any atom is 0.248 e. The molecule has 2 saturated carbocycles. The lowest BCUT2D eigenvalue weighted by atomic mass is 9.83. The zero-order valence-electron chi connectivity index (χ0n) is 34.0. The number of rotatable bonds is 7. The Morgan fingerprint density at radius 2 is 0.966 bits per heavy atom. The standard InChI is InChI=1S/C46H52F4N6O2/c1-43(2,3)37(55-41(57)25-15-19-45(47,48)20-16-25)39-51-33-13-9-29-23-27(7-11-31(29)35(33)53-39)28-8-12-32-30(24-28)10-14-34-36(32)54-40(52-34)38(44(4,5)6)56-42(58)26-17-21-46(49,50)22-18-26/h7-14,23-26,37-38H,15-22H2,1-6H3,(H,51,53)(H,52,54)(H,55,57)(H,56,58)/t37-,38-/m1/s1. The minimum atomic E-state index is -2.70. The van der Waals surface area contributed by atoms with Gasteiger partial charge in [0.1, 0.15) is 11.6 Å². The first-order chi connectivity index (χ1) is 27.2. The van der Waals surface area contributed by atoms with Crippen molar-refractivity contribution in [2.24, 2.45) is 22.7 Å². The van der Waals surface area contributed by atoms with Crippen molar-refractivity contribution in [1.29, 1.82) is 0 Å². The van der Waals surface area contributed by atoms with Gasteiger partial charge in [-0.25, -0.2) is 27.5 Å². The van der Waals surface area contributed by atoms with Crippen molar-refractivity contribution in [2.75, 3.05) is 0 Å². The first kappa shape index (κ1) is 39.8. The molecule has 6 aromatic rings. The van der Waals surface area contributed by atoms with Crippen LogP contribution in [0.25, 0.3) is 54.7 Å². The van der Waals surface area contributed by atoms with Gasteiger partial charge in [-0.2, -0.15) is 0 Å². The van der Waals surface area contributed by atoms with Crippen molar-refractivity contribution in [1.82, 2.24) is 30.6 Å². The van der Waals surface area contributed by atoms with E-state index in [4.69, 9.17) is 9.97 Å². The molecule has 0 unspecified atom stereocenters. The fourth-order valence-electron chi connectivity index (χ4n) is 8.80. The van der Waals surface area contributed by atoms with Crippen LogP contribution in [0, 0.1) is 22.7 Å². The normalized spacial score (nSPS) is 19.1. The van der Waals surface area contributed by atoms with E-state index in [-0.39, 0.29) is 63.2 Å². The maximum atomic E-state index is 13.8. The number of carbonyl (C=O) groups is 2. The zero-order valence-corrected chi connectivity index (χ0v) is 34.0. The number of aromatic nitrogens is 4. The second kappa shape index (κ2) is 14.4. The predicted molar refractivity (Wildman–Crippen MR) is 221 cm³/mol. The molecule has 4 N–H and O–H groups in total. The van der Waals surface area contributed by atoms with Gasteiger partial charge in [0.05, 0.1) is 34.2 Å². The number of benzene rings is 4. The molecule has 8 rings (SSSR count). The molecule has 0 radical (unpaired) electrons. The molecule has 2 aromatic heterocycles. The lowest BCUT2D eigenvalue weighted by molar-refractivity contribution is -0.131. The molecule has 0 bridgehead atoms. The average Bonchev–Trinajstić information content (AvgIpc) is 3.79. The number of hydrogen-bond donors (Lipinski definition) is 4. The highest BCUT2D eigenvalue weighted by molar-refractivity contribution is 6.07. The third kappa shape index (κ3) is 7.91. The van der Waals surface area contributed by atoms with Gasteiger partial charge in [0.25, 0.3) is 0 Å². The van der Waals surface area contributed by atoms with Crippen molar-refractivity contribution in [3.8, 4) is 11.1 Å². The molecule has 58 heavy (non-hydrogen) atoms. The van der Waals surface area contributed by atoms with Gasteiger partial charge < -0.3 is 20.6 Å². The van der Waals surface area contributed by atoms with Gasteiger partial charge in [0.15, 0.2) is 0 Å². The molecule has 2 fully saturated rings. The van der Waals surface area contributed by atoms with Gasteiger partial charge in [0.2, 0.25) is 23.7 Å². The van der Waals surface area contributed by atoms with E-state index >= 15 is 0 Å². The predicted octanol–water partition coefficient (Wildman–Crippen LogP) is 11.5. The van der Waals surface area contributed by atoms with Crippen molar-refractivity contribution in [3.05, 3.63) is 72.3 Å². The molecule has 0 spiro atoms. The van der Waals surface area contributed by atoms with E-state index in [0.29, 0.717) is 11.6 Å². The van der Waals surface area contributed by atoms with E-state index in [2.05, 4.69) is 57.0 Å². The number of imidazole rings is 2.